The second-order valence-electron chi connectivity index (χ2n) is 0.525. The van der Waals surface area contributed by atoms with E-state index in [-0.39, 0.29) is 18.4 Å². The molecule has 0 fully saturated rings. The molecule has 0 aromatic rings. The van der Waals surface area contributed by atoms with Crippen LogP contribution >= 0.6 is 25.2 Å². The maximum atomic E-state index is 6.33. The summed E-state index contributed by atoms with van der Waals surface area (Å²) in [6.45, 7) is 0. The Morgan fingerprint density at radius 1 is 1.83 bits per heavy atom. The Hall–Kier alpha value is -0.0900. The number of guanidine groups is 1. The summed E-state index contributed by atoms with van der Waals surface area (Å²) < 4.78 is 2.08. The van der Waals surface area contributed by atoms with Crippen molar-refractivity contribution in [1.29, 1.82) is 5.41 Å². The molecule has 0 atom stereocenters. The minimum absolute atomic E-state index is 0. The molecule has 0 amide bonds. The SMILES string of the molecule is Cl.N=C(N)NS. The molecule has 0 aromatic heterocycles. The van der Waals surface area contributed by atoms with Crippen LogP contribution in [0.4, 0.5) is 0 Å². The van der Waals surface area contributed by atoms with Crippen molar-refractivity contribution in [2.45, 2.75) is 0 Å². The van der Waals surface area contributed by atoms with Gasteiger partial charge in [0.05, 0.1) is 0 Å². The molecule has 0 saturated carbocycles. The Bertz CT molecular complexity index is 46.1. The van der Waals surface area contributed by atoms with E-state index in [1.54, 1.807) is 0 Å². The predicted molar refractivity (Wildman–Crippen MR) is 31.3 cm³/mol. The summed E-state index contributed by atoms with van der Waals surface area (Å²) in [6.07, 6.45) is 0. The maximum absolute atomic E-state index is 6.33. The first-order valence-electron chi connectivity index (χ1n) is 1.01. The summed E-state index contributed by atoms with van der Waals surface area (Å²) in [7, 11) is 0. The highest BCUT2D eigenvalue weighted by atomic mass is 35.5. The third-order valence-corrected chi connectivity index (χ3v) is 0.361. The summed E-state index contributed by atoms with van der Waals surface area (Å²) in [5.41, 5.74) is 4.69. The smallest absolute Gasteiger partial charge is 0.195 e. The lowest BCUT2D eigenvalue weighted by Gasteiger charge is -1.84. The third-order valence-electron chi connectivity index (χ3n) is 0.120. The number of hydrogen-bond acceptors (Lipinski definition) is 2. The van der Waals surface area contributed by atoms with Crippen LogP contribution in [0.25, 0.3) is 0 Å². The Morgan fingerprint density at radius 3 is 2.00 bits per heavy atom. The molecule has 0 saturated heterocycles. The van der Waals surface area contributed by atoms with Gasteiger partial charge in [0.2, 0.25) is 0 Å². The largest absolute Gasteiger partial charge is 0.369 e. The van der Waals surface area contributed by atoms with Gasteiger partial charge >= 0.3 is 0 Å². The second kappa shape index (κ2) is 4.91. The average molecular weight is 128 g/mol. The molecule has 0 aliphatic carbocycles. The summed E-state index contributed by atoms with van der Waals surface area (Å²) >= 11 is 3.42. The molecular weight excluding hydrogens is 122 g/mol. The van der Waals surface area contributed by atoms with Crippen molar-refractivity contribution in [2.24, 2.45) is 5.73 Å². The van der Waals surface area contributed by atoms with Gasteiger partial charge in [0.25, 0.3) is 0 Å². The van der Waals surface area contributed by atoms with Crippen LogP contribution in [-0.2, 0) is 0 Å². The Morgan fingerprint density at radius 2 is 2.00 bits per heavy atom. The lowest BCUT2D eigenvalue weighted by molar-refractivity contribution is 1.33. The molecule has 38 valence electrons. The molecule has 0 rings (SSSR count). The first kappa shape index (κ1) is 9.32. The minimum Gasteiger partial charge on any atom is -0.369 e. The summed E-state index contributed by atoms with van der Waals surface area (Å²) in [5.74, 6) is -0.131. The van der Waals surface area contributed by atoms with Gasteiger partial charge < -0.3 is 10.5 Å². The maximum Gasteiger partial charge on any atom is 0.195 e. The molecule has 0 bridgehead atoms. The van der Waals surface area contributed by atoms with Crippen molar-refractivity contribution < 1.29 is 0 Å². The normalized spacial score (nSPS) is 5.50. The highest BCUT2D eigenvalue weighted by molar-refractivity contribution is 7.78. The van der Waals surface area contributed by atoms with E-state index in [0.717, 1.165) is 0 Å². The van der Waals surface area contributed by atoms with Crippen LogP contribution in [0.1, 0.15) is 0 Å². The molecule has 0 aromatic carbocycles. The van der Waals surface area contributed by atoms with Gasteiger partial charge in [-0.2, -0.15) is 0 Å². The van der Waals surface area contributed by atoms with Gasteiger partial charge in [-0.3, -0.25) is 5.41 Å². The van der Waals surface area contributed by atoms with Crippen molar-refractivity contribution in [3.63, 3.8) is 0 Å². The fourth-order valence-electron chi connectivity index (χ4n) is 0. The highest BCUT2D eigenvalue weighted by Gasteiger charge is 1.67. The van der Waals surface area contributed by atoms with E-state index in [0.29, 0.717) is 0 Å². The van der Waals surface area contributed by atoms with E-state index in [9.17, 15) is 0 Å². The molecule has 0 radical (unpaired) electrons. The van der Waals surface area contributed by atoms with Crippen molar-refractivity contribution >= 4 is 31.2 Å². The number of rotatable bonds is 0. The number of nitrogens with two attached hydrogens (primary N) is 1. The number of thiol groups is 1. The number of nitrogens with one attached hydrogen (secondary N) is 2. The van der Waals surface area contributed by atoms with E-state index >= 15 is 0 Å². The predicted octanol–water partition coefficient (Wildman–Crippen LogP) is -0.264. The first-order valence-corrected chi connectivity index (χ1v) is 1.46. The van der Waals surface area contributed by atoms with E-state index in [1.165, 1.54) is 0 Å². The number of hydrogen-bond donors (Lipinski definition) is 4. The first-order chi connectivity index (χ1) is 2.27. The van der Waals surface area contributed by atoms with Crippen LogP contribution < -0.4 is 10.5 Å². The fraction of sp³-hybridized carbons (Fsp3) is 0. The molecule has 0 spiro atoms. The van der Waals surface area contributed by atoms with Gasteiger partial charge in [-0.25, -0.2) is 0 Å². The summed E-state index contributed by atoms with van der Waals surface area (Å²) in [4.78, 5) is 0. The van der Waals surface area contributed by atoms with Crippen LogP contribution in [0.5, 0.6) is 0 Å². The van der Waals surface area contributed by atoms with Crippen LogP contribution in [-0.4, -0.2) is 5.96 Å². The molecule has 3 nitrogen and oxygen atoms in total. The number of halogens is 1. The van der Waals surface area contributed by atoms with E-state index in [4.69, 9.17) is 5.41 Å². The standard InChI is InChI=1S/CH5N3S.ClH/c2-1(3)4-5;/h5H,(H4,2,3,4);1H. The molecule has 0 heterocycles. The molecule has 6 heavy (non-hydrogen) atoms. The van der Waals surface area contributed by atoms with Crippen LogP contribution in [0.2, 0.25) is 0 Å². The van der Waals surface area contributed by atoms with E-state index in [1.807, 2.05) is 0 Å². The second-order valence-corrected chi connectivity index (χ2v) is 0.749. The quantitative estimate of drug-likeness (QED) is 0.206. The molecule has 5 heteroatoms. The van der Waals surface area contributed by atoms with Crippen LogP contribution in [0.15, 0.2) is 0 Å². The van der Waals surface area contributed by atoms with Gasteiger partial charge in [-0.1, -0.05) is 12.8 Å². The summed E-state index contributed by atoms with van der Waals surface area (Å²) in [5, 5.41) is 6.33. The van der Waals surface area contributed by atoms with Crippen LogP contribution in [0.3, 0.4) is 0 Å². The van der Waals surface area contributed by atoms with Crippen molar-refractivity contribution in [3.8, 4) is 0 Å². The Labute approximate surface area is 47.8 Å². The average Bonchev–Trinajstić information content (AvgIpc) is 1.38. The molecule has 0 unspecified atom stereocenters. The fourth-order valence-corrected chi connectivity index (χ4v) is 0. The zero-order valence-corrected chi connectivity index (χ0v) is 4.64. The van der Waals surface area contributed by atoms with Gasteiger partial charge in [0.1, 0.15) is 0 Å². The van der Waals surface area contributed by atoms with Gasteiger partial charge in [0, 0.05) is 0 Å². The van der Waals surface area contributed by atoms with Gasteiger partial charge in [-0.05, 0) is 0 Å². The molecular formula is CH6ClN3S. The molecule has 0 aliphatic heterocycles. The monoisotopic (exact) mass is 127 g/mol. The van der Waals surface area contributed by atoms with Crippen LogP contribution in [0, 0.1) is 5.41 Å². The van der Waals surface area contributed by atoms with Crippen molar-refractivity contribution in [1.82, 2.24) is 4.72 Å². The molecule has 0 aliphatic rings. The Kier molecular flexibility index (Phi) is 7.63. The zero-order chi connectivity index (χ0) is 4.28. The van der Waals surface area contributed by atoms with E-state index < -0.39 is 0 Å². The lowest BCUT2D eigenvalue weighted by atomic mass is 11.1. The zero-order valence-electron chi connectivity index (χ0n) is 2.93. The van der Waals surface area contributed by atoms with Crippen molar-refractivity contribution in [2.75, 3.05) is 0 Å². The summed E-state index contributed by atoms with van der Waals surface area (Å²) in [6, 6.07) is 0. The Balaban J connectivity index is 0. The third kappa shape index (κ3) is 9.08. The minimum atomic E-state index is -0.131. The topological polar surface area (TPSA) is 61.9 Å². The van der Waals surface area contributed by atoms with Gasteiger partial charge in [-0.15, -0.1) is 12.4 Å². The molecule has 4 N–H and O–H groups in total. The van der Waals surface area contributed by atoms with E-state index in [2.05, 4.69) is 23.3 Å². The van der Waals surface area contributed by atoms with Gasteiger partial charge in [0.15, 0.2) is 5.96 Å². The van der Waals surface area contributed by atoms with Crippen molar-refractivity contribution in [3.05, 3.63) is 0 Å². The highest BCUT2D eigenvalue weighted by Crippen LogP contribution is 1.49. The lowest BCUT2D eigenvalue weighted by Crippen LogP contribution is -2.21.